The topological polar surface area (TPSA) is 96.4 Å². The molecule has 172 valence electrons. The van der Waals surface area contributed by atoms with Crippen molar-refractivity contribution in [3.63, 3.8) is 0 Å². The number of methoxy groups -OCH3 is 1. The maximum Gasteiger partial charge on any atom is 0.321 e. The molecule has 0 spiro atoms. The van der Waals surface area contributed by atoms with E-state index in [9.17, 15) is 14.0 Å². The van der Waals surface area contributed by atoms with Crippen LogP contribution in [-0.2, 0) is 0 Å². The molecule has 1 unspecified atom stereocenters. The Bertz CT molecular complexity index is 1150. The molecular weight excluding hydrogens is 445 g/mol. The molecule has 2 aromatic carbocycles. The molecule has 3 aromatic rings. The van der Waals surface area contributed by atoms with Crippen molar-refractivity contribution in [2.75, 3.05) is 30.8 Å². The second kappa shape index (κ2) is 9.95. The van der Waals surface area contributed by atoms with Gasteiger partial charge in [0.1, 0.15) is 16.6 Å². The van der Waals surface area contributed by atoms with Gasteiger partial charge in [-0.15, -0.1) is 10.2 Å². The molecule has 1 aliphatic heterocycles. The van der Waals surface area contributed by atoms with Crippen LogP contribution in [-0.4, -0.2) is 47.2 Å². The second-order valence-electron chi connectivity index (χ2n) is 7.81. The fourth-order valence-electron chi connectivity index (χ4n) is 3.59. The normalized spacial score (nSPS) is 15.7. The number of aryl methyl sites for hydroxylation is 1. The number of urea groups is 1. The van der Waals surface area contributed by atoms with Crippen LogP contribution in [0.2, 0.25) is 0 Å². The Hall–Kier alpha value is -3.53. The highest BCUT2D eigenvalue weighted by Gasteiger charge is 2.28. The first kappa shape index (κ1) is 22.7. The van der Waals surface area contributed by atoms with E-state index in [4.69, 9.17) is 4.74 Å². The van der Waals surface area contributed by atoms with E-state index in [1.165, 1.54) is 17.4 Å². The zero-order valence-electron chi connectivity index (χ0n) is 18.3. The van der Waals surface area contributed by atoms with Crippen molar-refractivity contribution in [1.82, 2.24) is 15.1 Å². The van der Waals surface area contributed by atoms with Crippen molar-refractivity contribution in [3.8, 4) is 5.75 Å². The predicted molar refractivity (Wildman–Crippen MR) is 125 cm³/mol. The summed E-state index contributed by atoms with van der Waals surface area (Å²) in [5.41, 5.74) is 1.57. The number of carbonyl (C=O) groups excluding carboxylic acids is 2. The van der Waals surface area contributed by atoms with Crippen molar-refractivity contribution in [1.29, 1.82) is 0 Å². The molecule has 2 heterocycles. The number of halogens is 1. The van der Waals surface area contributed by atoms with Gasteiger partial charge in [0.25, 0.3) is 5.91 Å². The lowest BCUT2D eigenvalue weighted by Gasteiger charge is -2.31. The standard InChI is InChI=1S/C23H24FN5O3S/c1-14-5-6-17(12-19(14)24)26-23(31)29-11-3-4-15(13-29)21-27-28-22(33-21)20(30)25-16-7-9-18(32-2)10-8-16/h5-10,12,15H,3-4,11,13H2,1-2H3,(H,25,30)(H,26,31). The fourth-order valence-corrected chi connectivity index (χ4v) is 4.45. The minimum absolute atomic E-state index is 0.0145. The quantitative estimate of drug-likeness (QED) is 0.567. The summed E-state index contributed by atoms with van der Waals surface area (Å²) in [6.07, 6.45) is 1.64. The van der Waals surface area contributed by atoms with Crippen LogP contribution in [0.25, 0.3) is 0 Å². The Balaban J connectivity index is 1.37. The summed E-state index contributed by atoms with van der Waals surface area (Å²) in [4.78, 5) is 26.9. The Kier molecular flexibility index (Phi) is 6.83. The number of amides is 3. The van der Waals surface area contributed by atoms with Gasteiger partial charge in [-0.3, -0.25) is 4.79 Å². The molecule has 1 atom stereocenters. The zero-order valence-corrected chi connectivity index (χ0v) is 19.1. The van der Waals surface area contributed by atoms with Gasteiger partial charge in [-0.05, 0) is 61.7 Å². The molecule has 0 saturated carbocycles. The molecule has 33 heavy (non-hydrogen) atoms. The molecule has 2 N–H and O–H groups in total. The molecule has 1 aliphatic rings. The van der Waals surface area contributed by atoms with Gasteiger partial charge >= 0.3 is 6.03 Å². The van der Waals surface area contributed by atoms with Crippen molar-refractivity contribution < 1.29 is 18.7 Å². The third-order valence-corrected chi connectivity index (χ3v) is 6.55. The number of nitrogens with one attached hydrogen (secondary N) is 2. The minimum atomic E-state index is -0.362. The first-order valence-electron chi connectivity index (χ1n) is 10.5. The van der Waals surface area contributed by atoms with Crippen LogP contribution < -0.4 is 15.4 Å². The van der Waals surface area contributed by atoms with Gasteiger partial charge in [0.15, 0.2) is 0 Å². The molecule has 10 heteroatoms. The van der Waals surface area contributed by atoms with E-state index in [0.29, 0.717) is 40.8 Å². The number of ether oxygens (including phenoxy) is 1. The number of carbonyl (C=O) groups is 2. The molecule has 0 bridgehead atoms. The number of hydrogen-bond donors (Lipinski definition) is 2. The molecule has 1 aromatic heterocycles. The largest absolute Gasteiger partial charge is 0.497 e. The number of piperidine rings is 1. The maximum atomic E-state index is 13.8. The number of likely N-dealkylation sites (tertiary alicyclic amines) is 1. The molecule has 1 saturated heterocycles. The highest BCUT2D eigenvalue weighted by Crippen LogP contribution is 2.30. The van der Waals surface area contributed by atoms with E-state index in [-0.39, 0.29) is 28.7 Å². The van der Waals surface area contributed by atoms with Gasteiger partial charge < -0.3 is 20.3 Å². The molecule has 3 amide bonds. The average Bonchev–Trinajstić information content (AvgIpc) is 3.33. The molecule has 8 nitrogen and oxygen atoms in total. The third kappa shape index (κ3) is 5.46. The Morgan fingerprint density at radius 2 is 1.88 bits per heavy atom. The van der Waals surface area contributed by atoms with Gasteiger partial charge in [0.05, 0.1) is 7.11 Å². The van der Waals surface area contributed by atoms with E-state index in [2.05, 4.69) is 20.8 Å². The Morgan fingerprint density at radius 3 is 2.61 bits per heavy atom. The summed E-state index contributed by atoms with van der Waals surface area (Å²) < 4.78 is 18.9. The molecule has 1 fully saturated rings. The Morgan fingerprint density at radius 1 is 1.12 bits per heavy atom. The second-order valence-corrected chi connectivity index (χ2v) is 8.82. The van der Waals surface area contributed by atoms with Gasteiger partial charge in [-0.25, -0.2) is 9.18 Å². The average molecular weight is 470 g/mol. The summed E-state index contributed by atoms with van der Waals surface area (Å²) in [5.74, 6) is -0.0155. The van der Waals surface area contributed by atoms with E-state index >= 15 is 0 Å². The lowest BCUT2D eigenvalue weighted by Crippen LogP contribution is -2.41. The highest BCUT2D eigenvalue weighted by atomic mass is 32.1. The first-order chi connectivity index (χ1) is 15.9. The van der Waals surface area contributed by atoms with Crippen molar-refractivity contribution >= 4 is 34.6 Å². The molecular formula is C23H24FN5O3S. The van der Waals surface area contributed by atoms with Crippen LogP contribution >= 0.6 is 11.3 Å². The van der Waals surface area contributed by atoms with Crippen LogP contribution in [0.1, 0.15) is 39.1 Å². The van der Waals surface area contributed by atoms with E-state index in [0.717, 1.165) is 12.8 Å². The summed E-state index contributed by atoms with van der Waals surface area (Å²) >= 11 is 1.23. The van der Waals surface area contributed by atoms with Gasteiger partial charge in [0.2, 0.25) is 5.01 Å². The highest BCUT2D eigenvalue weighted by molar-refractivity contribution is 7.13. The number of hydrogen-bond acceptors (Lipinski definition) is 6. The number of rotatable bonds is 5. The van der Waals surface area contributed by atoms with Crippen LogP contribution in [0, 0.1) is 12.7 Å². The summed E-state index contributed by atoms with van der Waals surface area (Å²) in [6.45, 7) is 2.72. The SMILES string of the molecule is COc1ccc(NC(=O)c2nnc(C3CCCN(C(=O)Nc4ccc(C)c(F)c4)C3)s2)cc1. The lowest BCUT2D eigenvalue weighted by atomic mass is 9.99. The van der Waals surface area contributed by atoms with E-state index < -0.39 is 0 Å². The van der Waals surface area contributed by atoms with Crippen LogP contribution in [0.4, 0.5) is 20.6 Å². The van der Waals surface area contributed by atoms with E-state index in [1.807, 2.05) is 0 Å². The molecule has 0 radical (unpaired) electrons. The van der Waals surface area contributed by atoms with Crippen LogP contribution in [0.15, 0.2) is 42.5 Å². The third-order valence-electron chi connectivity index (χ3n) is 5.46. The van der Waals surface area contributed by atoms with Crippen molar-refractivity contribution in [2.45, 2.75) is 25.7 Å². The molecule has 4 rings (SSSR count). The monoisotopic (exact) mass is 469 g/mol. The van der Waals surface area contributed by atoms with Crippen LogP contribution in [0.3, 0.4) is 0 Å². The summed E-state index contributed by atoms with van der Waals surface area (Å²) in [5, 5.41) is 14.8. The van der Waals surface area contributed by atoms with E-state index in [1.54, 1.807) is 55.3 Å². The fraction of sp³-hybridized carbons (Fsp3) is 0.304. The zero-order chi connectivity index (χ0) is 23.4. The van der Waals surface area contributed by atoms with Gasteiger partial charge in [-0.2, -0.15) is 0 Å². The summed E-state index contributed by atoms with van der Waals surface area (Å²) in [7, 11) is 1.58. The number of aromatic nitrogens is 2. The first-order valence-corrected chi connectivity index (χ1v) is 11.4. The summed E-state index contributed by atoms with van der Waals surface area (Å²) in [6, 6.07) is 11.3. The lowest BCUT2D eigenvalue weighted by molar-refractivity contribution is 0.102. The maximum absolute atomic E-state index is 13.8. The van der Waals surface area contributed by atoms with Crippen molar-refractivity contribution in [3.05, 3.63) is 63.9 Å². The number of nitrogens with zero attached hydrogens (tertiary/aromatic N) is 3. The van der Waals surface area contributed by atoms with Gasteiger partial charge in [0, 0.05) is 30.4 Å². The minimum Gasteiger partial charge on any atom is -0.497 e. The smallest absolute Gasteiger partial charge is 0.321 e. The number of benzene rings is 2. The molecule has 0 aliphatic carbocycles. The van der Waals surface area contributed by atoms with Crippen molar-refractivity contribution in [2.24, 2.45) is 0 Å². The predicted octanol–water partition coefficient (Wildman–Crippen LogP) is 4.66. The number of anilines is 2. The van der Waals surface area contributed by atoms with Gasteiger partial charge in [-0.1, -0.05) is 17.4 Å². The Labute approximate surface area is 194 Å². The van der Waals surface area contributed by atoms with Crippen LogP contribution in [0.5, 0.6) is 5.75 Å².